The molecule has 0 aliphatic carbocycles. The molecule has 2 amide bonds. The summed E-state index contributed by atoms with van der Waals surface area (Å²) in [6.07, 6.45) is 4.20. The highest BCUT2D eigenvalue weighted by atomic mass is 16.5. The van der Waals surface area contributed by atoms with Crippen LogP contribution < -0.4 is 10.6 Å². The van der Waals surface area contributed by atoms with E-state index >= 15 is 0 Å². The molecule has 0 spiro atoms. The SMILES string of the molecule is COC(=O)c1ccc(CNC(=O)CC[C@@]2(Cc3ccco3)CCC(=O)N2)cc1. The molecule has 1 fully saturated rings. The molecule has 7 heteroatoms. The van der Waals surface area contributed by atoms with Crippen LogP contribution in [0, 0.1) is 0 Å². The van der Waals surface area contributed by atoms with Gasteiger partial charge in [0.1, 0.15) is 5.76 Å². The van der Waals surface area contributed by atoms with Crippen molar-refractivity contribution in [3.63, 3.8) is 0 Å². The molecule has 28 heavy (non-hydrogen) atoms. The summed E-state index contributed by atoms with van der Waals surface area (Å²) in [6.45, 7) is 0.373. The van der Waals surface area contributed by atoms with Gasteiger partial charge in [0.2, 0.25) is 11.8 Å². The predicted molar refractivity (Wildman–Crippen MR) is 101 cm³/mol. The lowest BCUT2D eigenvalue weighted by molar-refractivity contribution is -0.122. The van der Waals surface area contributed by atoms with Crippen LogP contribution in [0.3, 0.4) is 0 Å². The predicted octanol–water partition coefficient (Wildman–Crippen LogP) is 2.35. The molecule has 7 nitrogen and oxygen atoms in total. The molecule has 0 bridgehead atoms. The van der Waals surface area contributed by atoms with Gasteiger partial charge >= 0.3 is 5.97 Å². The molecule has 1 aromatic carbocycles. The average Bonchev–Trinajstić information content (AvgIpc) is 3.35. The van der Waals surface area contributed by atoms with E-state index in [-0.39, 0.29) is 11.8 Å². The van der Waals surface area contributed by atoms with Gasteiger partial charge in [0.25, 0.3) is 0 Å². The minimum absolute atomic E-state index is 0.0117. The molecule has 0 saturated carbocycles. The molecule has 1 aromatic heterocycles. The Morgan fingerprint density at radius 2 is 2.04 bits per heavy atom. The number of carbonyl (C=O) groups is 3. The van der Waals surface area contributed by atoms with Crippen molar-refractivity contribution in [2.24, 2.45) is 0 Å². The summed E-state index contributed by atoms with van der Waals surface area (Å²) in [5.74, 6) is 0.332. The molecule has 2 heterocycles. The summed E-state index contributed by atoms with van der Waals surface area (Å²) in [4.78, 5) is 35.5. The van der Waals surface area contributed by atoms with Crippen LogP contribution in [0.5, 0.6) is 0 Å². The number of methoxy groups -OCH3 is 1. The number of ether oxygens (including phenoxy) is 1. The Balaban J connectivity index is 1.51. The molecule has 1 atom stereocenters. The molecule has 2 aromatic rings. The van der Waals surface area contributed by atoms with Crippen LogP contribution in [0.4, 0.5) is 0 Å². The monoisotopic (exact) mass is 384 g/mol. The molecule has 148 valence electrons. The Kier molecular flexibility index (Phi) is 6.13. The highest BCUT2D eigenvalue weighted by molar-refractivity contribution is 5.89. The Labute approximate surface area is 163 Å². The van der Waals surface area contributed by atoms with E-state index in [9.17, 15) is 14.4 Å². The second-order valence-electron chi connectivity index (χ2n) is 7.05. The van der Waals surface area contributed by atoms with Gasteiger partial charge in [-0.15, -0.1) is 0 Å². The fourth-order valence-corrected chi connectivity index (χ4v) is 3.45. The Bertz CT molecular complexity index is 829. The maximum atomic E-state index is 12.3. The largest absolute Gasteiger partial charge is 0.469 e. The van der Waals surface area contributed by atoms with Gasteiger partial charge in [-0.3, -0.25) is 9.59 Å². The van der Waals surface area contributed by atoms with Crippen molar-refractivity contribution in [3.05, 3.63) is 59.5 Å². The minimum Gasteiger partial charge on any atom is -0.469 e. The number of amides is 2. The summed E-state index contributed by atoms with van der Waals surface area (Å²) in [6, 6.07) is 10.6. The molecular formula is C21H24N2O5. The Morgan fingerprint density at radius 3 is 2.64 bits per heavy atom. The van der Waals surface area contributed by atoms with Gasteiger partial charge in [-0.05, 0) is 42.7 Å². The minimum atomic E-state index is -0.436. The van der Waals surface area contributed by atoms with Crippen LogP contribution >= 0.6 is 0 Å². The van der Waals surface area contributed by atoms with E-state index in [1.807, 2.05) is 12.1 Å². The highest BCUT2D eigenvalue weighted by Crippen LogP contribution is 2.29. The third-order valence-corrected chi connectivity index (χ3v) is 5.02. The quantitative estimate of drug-likeness (QED) is 0.681. The molecule has 2 N–H and O–H groups in total. The lowest BCUT2D eigenvalue weighted by Crippen LogP contribution is -2.44. The van der Waals surface area contributed by atoms with Crippen LogP contribution in [0.2, 0.25) is 0 Å². The molecule has 3 rings (SSSR count). The normalized spacial score (nSPS) is 18.5. The van der Waals surface area contributed by atoms with Crippen LogP contribution in [-0.4, -0.2) is 30.4 Å². The summed E-state index contributed by atoms with van der Waals surface area (Å²) in [5.41, 5.74) is 0.920. The number of hydrogen-bond donors (Lipinski definition) is 2. The zero-order chi connectivity index (χ0) is 20.0. The van der Waals surface area contributed by atoms with E-state index in [4.69, 9.17) is 4.42 Å². The fourth-order valence-electron chi connectivity index (χ4n) is 3.45. The number of esters is 1. The van der Waals surface area contributed by atoms with Gasteiger partial charge in [0.15, 0.2) is 0 Å². The van der Waals surface area contributed by atoms with Crippen LogP contribution in [0.25, 0.3) is 0 Å². The van der Waals surface area contributed by atoms with Crippen LogP contribution in [-0.2, 0) is 27.3 Å². The number of carbonyl (C=O) groups excluding carboxylic acids is 3. The van der Waals surface area contributed by atoms with Gasteiger partial charge in [0.05, 0.1) is 18.9 Å². The van der Waals surface area contributed by atoms with E-state index < -0.39 is 11.5 Å². The number of benzene rings is 1. The molecule has 0 radical (unpaired) electrons. The van der Waals surface area contributed by atoms with Crippen molar-refractivity contribution in [2.75, 3.05) is 7.11 Å². The third-order valence-electron chi connectivity index (χ3n) is 5.02. The van der Waals surface area contributed by atoms with Crippen molar-refractivity contribution < 1.29 is 23.5 Å². The number of hydrogen-bond acceptors (Lipinski definition) is 5. The zero-order valence-electron chi connectivity index (χ0n) is 15.8. The highest BCUT2D eigenvalue weighted by Gasteiger charge is 2.38. The van der Waals surface area contributed by atoms with E-state index in [2.05, 4.69) is 15.4 Å². The Morgan fingerprint density at radius 1 is 1.25 bits per heavy atom. The van der Waals surface area contributed by atoms with Gasteiger partial charge in [-0.1, -0.05) is 12.1 Å². The van der Waals surface area contributed by atoms with Crippen LogP contribution in [0.15, 0.2) is 47.1 Å². The van der Waals surface area contributed by atoms with Crippen molar-refractivity contribution in [2.45, 2.75) is 44.2 Å². The van der Waals surface area contributed by atoms with Crippen molar-refractivity contribution in [3.8, 4) is 0 Å². The molecule has 0 unspecified atom stereocenters. The molecule has 1 aliphatic rings. The second kappa shape index (κ2) is 8.73. The summed E-state index contributed by atoms with van der Waals surface area (Å²) in [5, 5.41) is 5.92. The lowest BCUT2D eigenvalue weighted by Gasteiger charge is -2.28. The van der Waals surface area contributed by atoms with E-state index in [1.54, 1.807) is 30.5 Å². The summed E-state index contributed by atoms with van der Waals surface area (Å²) in [7, 11) is 1.34. The van der Waals surface area contributed by atoms with E-state index in [0.717, 1.165) is 11.3 Å². The topological polar surface area (TPSA) is 97.6 Å². The summed E-state index contributed by atoms with van der Waals surface area (Å²) < 4.78 is 10.1. The fraction of sp³-hybridized carbons (Fsp3) is 0.381. The molecule has 1 saturated heterocycles. The molecular weight excluding hydrogens is 360 g/mol. The first kappa shape index (κ1) is 19.7. The lowest BCUT2D eigenvalue weighted by atomic mass is 9.87. The van der Waals surface area contributed by atoms with Crippen molar-refractivity contribution in [1.82, 2.24) is 10.6 Å². The van der Waals surface area contributed by atoms with Gasteiger partial charge < -0.3 is 19.8 Å². The van der Waals surface area contributed by atoms with Crippen molar-refractivity contribution in [1.29, 1.82) is 0 Å². The first-order chi connectivity index (χ1) is 13.5. The van der Waals surface area contributed by atoms with E-state index in [1.165, 1.54) is 7.11 Å². The summed E-state index contributed by atoms with van der Waals surface area (Å²) >= 11 is 0. The number of nitrogens with one attached hydrogen (secondary N) is 2. The van der Waals surface area contributed by atoms with Crippen molar-refractivity contribution >= 4 is 17.8 Å². The van der Waals surface area contributed by atoms with Gasteiger partial charge in [-0.25, -0.2) is 4.79 Å². The van der Waals surface area contributed by atoms with Gasteiger partial charge in [-0.2, -0.15) is 0 Å². The zero-order valence-corrected chi connectivity index (χ0v) is 15.8. The first-order valence-electron chi connectivity index (χ1n) is 9.27. The first-order valence-corrected chi connectivity index (χ1v) is 9.27. The number of rotatable bonds is 8. The smallest absolute Gasteiger partial charge is 0.337 e. The number of furan rings is 1. The Hall–Kier alpha value is -3.09. The third kappa shape index (κ3) is 5.00. The maximum absolute atomic E-state index is 12.3. The van der Waals surface area contributed by atoms with Crippen LogP contribution in [0.1, 0.15) is 47.4 Å². The maximum Gasteiger partial charge on any atom is 0.337 e. The average molecular weight is 384 g/mol. The van der Waals surface area contributed by atoms with E-state index in [0.29, 0.717) is 44.2 Å². The molecule has 1 aliphatic heterocycles. The second-order valence-corrected chi connectivity index (χ2v) is 7.05. The van der Waals surface area contributed by atoms with Gasteiger partial charge in [0, 0.05) is 31.3 Å². The standard InChI is InChI=1S/C21H24N2O5/c1-27-20(26)16-6-4-15(5-7-16)14-22-18(24)8-10-21(11-9-19(25)23-21)13-17-3-2-12-28-17/h2-7,12H,8-11,13-14H2,1H3,(H,22,24)(H,23,25)/t21-/m0/s1.